The van der Waals surface area contributed by atoms with Gasteiger partial charge in [-0.15, -0.1) is 0 Å². The van der Waals surface area contributed by atoms with Crippen LogP contribution in [-0.4, -0.2) is 30.3 Å². The van der Waals surface area contributed by atoms with Crippen molar-refractivity contribution in [2.75, 3.05) is 12.4 Å². The van der Waals surface area contributed by atoms with Gasteiger partial charge in [-0.25, -0.2) is 9.78 Å². The number of halogens is 3. The third kappa shape index (κ3) is 3.11. The normalized spacial score (nSPS) is 13.0. The van der Waals surface area contributed by atoms with Gasteiger partial charge in [0.25, 0.3) is 0 Å². The maximum absolute atomic E-state index is 12.5. The second-order valence-corrected chi connectivity index (χ2v) is 2.86. The number of nitrogens with zero attached hydrogens (tertiary/aromatic N) is 1. The lowest BCUT2D eigenvalue weighted by Crippen LogP contribution is -2.44. The molecule has 0 saturated heterocycles. The number of aromatic nitrogens is 1. The van der Waals surface area contributed by atoms with Crippen LogP contribution in [0.1, 0.15) is 0 Å². The molecular formula is C9H9F3N2O2. The van der Waals surface area contributed by atoms with Crippen LogP contribution in [0.2, 0.25) is 0 Å². The Labute approximate surface area is 89.4 Å². The van der Waals surface area contributed by atoms with Crippen LogP contribution in [-0.2, 0) is 9.53 Å². The predicted octanol–water partition coefficient (Wildman–Crippen LogP) is 1.60. The molecule has 0 aliphatic carbocycles. The zero-order valence-corrected chi connectivity index (χ0v) is 8.28. The Morgan fingerprint density at radius 2 is 2.19 bits per heavy atom. The van der Waals surface area contributed by atoms with Crippen LogP contribution in [0.25, 0.3) is 0 Å². The van der Waals surface area contributed by atoms with Gasteiger partial charge in [0.15, 0.2) is 0 Å². The largest absolute Gasteiger partial charge is 0.467 e. The fourth-order valence-electron chi connectivity index (χ4n) is 0.988. The maximum atomic E-state index is 12.5. The van der Waals surface area contributed by atoms with Gasteiger partial charge in [-0.1, -0.05) is 6.07 Å². The number of rotatable bonds is 3. The molecule has 7 heteroatoms. The Hall–Kier alpha value is -1.79. The monoisotopic (exact) mass is 234 g/mol. The van der Waals surface area contributed by atoms with Gasteiger partial charge in [-0.05, 0) is 12.1 Å². The first kappa shape index (κ1) is 12.3. The van der Waals surface area contributed by atoms with E-state index in [4.69, 9.17) is 0 Å². The second kappa shape index (κ2) is 4.82. The summed E-state index contributed by atoms with van der Waals surface area (Å²) in [7, 11) is 0.890. The second-order valence-electron chi connectivity index (χ2n) is 2.86. The van der Waals surface area contributed by atoms with Crippen molar-refractivity contribution in [2.45, 2.75) is 12.2 Å². The molecule has 1 aromatic rings. The summed E-state index contributed by atoms with van der Waals surface area (Å²) >= 11 is 0. The van der Waals surface area contributed by atoms with Crippen LogP contribution in [0.3, 0.4) is 0 Å². The summed E-state index contributed by atoms with van der Waals surface area (Å²) in [6.07, 6.45) is -3.42. The molecule has 0 spiro atoms. The highest BCUT2D eigenvalue weighted by atomic mass is 19.4. The molecule has 0 bridgehead atoms. The predicted molar refractivity (Wildman–Crippen MR) is 49.7 cm³/mol. The number of alkyl halides is 3. The summed E-state index contributed by atoms with van der Waals surface area (Å²) in [5.74, 6) is -1.45. The van der Waals surface area contributed by atoms with Crippen molar-refractivity contribution < 1.29 is 22.7 Å². The Kier molecular flexibility index (Phi) is 3.70. The average Bonchev–Trinajstić information content (AvgIpc) is 2.25. The SMILES string of the molecule is COC(=O)C(Nc1ccccn1)C(F)(F)F. The summed E-state index contributed by atoms with van der Waals surface area (Å²) in [6, 6.07) is 1.96. The minimum Gasteiger partial charge on any atom is -0.467 e. The molecule has 88 valence electrons. The van der Waals surface area contributed by atoms with Gasteiger partial charge in [0.05, 0.1) is 7.11 Å². The molecule has 1 atom stereocenters. The van der Waals surface area contributed by atoms with Gasteiger partial charge in [0, 0.05) is 6.20 Å². The number of hydrogen-bond acceptors (Lipinski definition) is 4. The van der Waals surface area contributed by atoms with Gasteiger partial charge < -0.3 is 10.1 Å². The highest BCUT2D eigenvalue weighted by Crippen LogP contribution is 2.23. The van der Waals surface area contributed by atoms with Crippen LogP contribution >= 0.6 is 0 Å². The number of nitrogens with one attached hydrogen (secondary N) is 1. The number of esters is 1. The van der Waals surface area contributed by atoms with Gasteiger partial charge in [-0.3, -0.25) is 0 Å². The highest BCUT2D eigenvalue weighted by molar-refractivity contribution is 5.79. The van der Waals surface area contributed by atoms with Gasteiger partial charge >= 0.3 is 12.1 Å². The summed E-state index contributed by atoms with van der Waals surface area (Å²) in [5, 5.41) is 1.96. The maximum Gasteiger partial charge on any atom is 0.419 e. The third-order valence-electron chi connectivity index (χ3n) is 1.72. The smallest absolute Gasteiger partial charge is 0.419 e. The minimum absolute atomic E-state index is 0.0461. The van der Waals surface area contributed by atoms with E-state index >= 15 is 0 Å². The van der Waals surface area contributed by atoms with Crippen molar-refractivity contribution >= 4 is 11.8 Å². The van der Waals surface area contributed by atoms with Crippen LogP contribution < -0.4 is 5.32 Å². The van der Waals surface area contributed by atoms with Crippen molar-refractivity contribution in [3.63, 3.8) is 0 Å². The van der Waals surface area contributed by atoms with Crippen molar-refractivity contribution in [3.05, 3.63) is 24.4 Å². The highest BCUT2D eigenvalue weighted by Gasteiger charge is 2.46. The van der Waals surface area contributed by atoms with E-state index in [9.17, 15) is 18.0 Å². The first-order valence-corrected chi connectivity index (χ1v) is 4.27. The number of hydrogen-bond donors (Lipinski definition) is 1. The van der Waals surface area contributed by atoms with E-state index in [1.165, 1.54) is 18.3 Å². The Bertz CT molecular complexity index is 354. The van der Waals surface area contributed by atoms with Crippen LogP contribution in [0.4, 0.5) is 19.0 Å². The van der Waals surface area contributed by atoms with Crippen LogP contribution in [0, 0.1) is 0 Å². The van der Waals surface area contributed by atoms with Gasteiger partial charge in [0.1, 0.15) is 5.82 Å². The van der Waals surface area contributed by atoms with Crippen molar-refractivity contribution in [1.29, 1.82) is 0 Å². The molecule has 1 N–H and O–H groups in total. The fraction of sp³-hybridized carbons (Fsp3) is 0.333. The molecule has 4 nitrogen and oxygen atoms in total. The lowest BCUT2D eigenvalue weighted by atomic mass is 10.3. The molecule has 1 unspecified atom stereocenters. The molecule has 0 amide bonds. The molecule has 16 heavy (non-hydrogen) atoms. The van der Waals surface area contributed by atoms with Crippen LogP contribution in [0.5, 0.6) is 0 Å². The number of anilines is 1. The number of methoxy groups -OCH3 is 1. The van der Waals surface area contributed by atoms with Crippen molar-refractivity contribution in [3.8, 4) is 0 Å². The van der Waals surface area contributed by atoms with Crippen molar-refractivity contribution in [1.82, 2.24) is 4.98 Å². The van der Waals surface area contributed by atoms with E-state index in [0.29, 0.717) is 0 Å². The Morgan fingerprint density at radius 3 is 2.62 bits per heavy atom. The topological polar surface area (TPSA) is 51.2 Å². The zero-order chi connectivity index (χ0) is 12.2. The number of carbonyl (C=O) groups is 1. The number of carbonyl (C=O) groups excluding carboxylic acids is 1. The Balaban J connectivity index is 2.84. The van der Waals surface area contributed by atoms with E-state index in [2.05, 4.69) is 9.72 Å². The van der Waals surface area contributed by atoms with Gasteiger partial charge in [-0.2, -0.15) is 13.2 Å². The molecule has 0 saturated carbocycles. The molecule has 0 radical (unpaired) electrons. The molecule has 0 aliphatic heterocycles. The van der Waals surface area contributed by atoms with E-state index in [1.54, 1.807) is 6.07 Å². The summed E-state index contributed by atoms with van der Waals surface area (Å²) < 4.78 is 41.4. The molecule has 1 aromatic heterocycles. The van der Waals surface area contributed by atoms with E-state index < -0.39 is 18.2 Å². The summed E-state index contributed by atoms with van der Waals surface area (Å²) in [5.41, 5.74) is 0. The molecule has 0 aliphatic rings. The van der Waals surface area contributed by atoms with Crippen LogP contribution in [0.15, 0.2) is 24.4 Å². The zero-order valence-electron chi connectivity index (χ0n) is 8.28. The molecule has 0 fully saturated rings. The number of ether oxygens (including phenoxy) is 1. The first-order valence-electron chi connectivity index (χ1n) is 4.27. The number of pyridine rings is 1. The minimum atomic E-state index is -4.73. The molecule has 1 rings (SSSR count). The quantitative estimate of drug-likeness (QED) is 0.807. The summed E-state index contributed by atoms with van der Waals surface area (Å²) in [6.45, 7) is 0. The van der Waals surface area contributed by atoms with Crippen molar-refractivity contribution in [2.24, 2.45) is 0 Å². The molecular weight excluding hydrogens is 225 g/mol. The van der Waals surface area contributed by atoms with E-state index in [0.717, 1.165) is 7.11 Å². The lowest BCUT2D eigenvalue weighted by molar-refractivity contribution is -0.173. The molecule has 0 aromatic carbocycles. The fourth-order valence-corrected chi connectivity index (χ4v) is 0.988. The van der Waals surface area contributed by atoms with Gasteiger partial charge in [0.2, 0.25) is 6.04 Å². The van der Waals surface area contributed by atoms with E-state index in [1.807, 2.05) is 5.32 Å². The Morgan fingerprint density at radius 1 is 1.50 bits per heavy atom. The average molecular weight is 234 g/mol. The first-order chi connectivity index (χ1) is 7.45. The summed E-state index contributed by atoms with van der Waals surface area (Å²) in [4.78, 5) is 14.6. The lowest BCUT2D eigenvalue weighted by Gasteiger charge is -2.19. The third-order valence-corrected chi connectivity index (χ3v) is 1.72. The standard InChI is InChI=1S/C9H9F3N2O2/c1-16-8(15)7(9(10,11)12)14-6-4-2-3-5-13-6/h2-5,7H,1H3,(H,13,14). The molecule has 1 heterocycles. The van der Waals surface area contributed by atoms with E-state index in [-0.39, 0.29) is 5.82 Å².